The number of pyridine rings is 1. The van der Waals surface area contributed by atoms with E-state index in [1.165, 1.54) is 22.5 Å². The molecule has 4 heterocycles. The predicted octanol–water partition coefficient (Wildman–Crippen LogP) is 5.22. The second-order valence-corrected chi connectivity index (χ2v) is 17.8. The molecule has 2 unspecified atom stereocenters. The lowest BCUT2D eigenvalue weighted by Gasteiger charge is -2.32. The number of likely N-dealkylation sites (N-methyl/N-ethyl adjacent to an activating group) is 1. The lowest BCUT2D eigenvalue weighted by molar-refractivity contribution is -0.105. The van der Waals surface area contributed by atoms with Crippen molar-refractivity contribution in [2.75, 3.05) is 50.6 Å². The summed E-state index contributed by atoms with van der Waals surface area (Å²) in [4.78, 5) is 25.8. The van der Waals surface area contributed by atoms with Crippen LogP contribution in [0.5, 0.6) is 5.75 Å². The SMILES string of the molecule is C=S(=O)(CC(F)(F)F)c1ccc(-c2cc3cnc(Nc4ccc(OC5CCCN(C)C5)cc4)nc3n(C3CCN(S(C)(=O)=O)CC3)c2=O)c(C)c1. The van der Waals surface area contributed by atoms with Crippen LogP contribution >= 0.6 is 0 Å². The monoisotopic (exact) mass is 746 g/mol. The van der Waals surface area contributed by atoms with Crippen LogP contribution in [-0.2, 0) is 19.5 Å². The van der Waals surface area contributed by atoms with Crippen LogP contribution in [-0.4, -0.2) is 99.8 Å². The van der Waals surface area contributed by atoms with Crippen molar-refractivity contribution in [3.63, 3.8) is 0 Å². The first-order valence-electron chi connectivity index (χ1n) is 16.6. The maximum atomic E-state index is 14.4. The van der Waals surface area contributed by atoms with Crippen LogP contribution in [0.2, 0.25) is 0 Å². The third-order valence-corrected chi connectivity index (χ3v) is 12.5. The summed E-state index contributed by atoms with van der Waals surface area (Å²) in [5, 5.41) is 3.73. The van der Waals surface area contributed by atoms with Crippen LogP contribution in [0.25, 0.3) is 22.2 Å². The van der Waals surface area contributed by atoms with E-state index in [0.29, 0.717) is 40.7 Å². The van der Waals surface area contributed by atoms with Crippen molar-refractivity contribution in [1.82, 2.24) is 23.7 Å². The zero-order valence-electron chi connectivity index (χ0n) is 28.6. The molecule has 2 aromatic heterocycles. The Balaban J connectivity index is 1.35. The van der Waals surface area contributed by atoms with Crippen LogP contribution in [0, 0.1) is 6.92 Å². The number of nitrogens with one attached hydrogen (secondary N) is 1. The summed E-state index contributed by atoms with van der Waals surface area (Å²) in [5.41, 5.74) is 1.80. The summed E-state index contributed by atoms with van der Waals surface area (Å²) in [6.45, 7) is 3.99. The highest BCUT2D eigenvalue weighted by Crippen LogP contribution is 2.32. The molecule has 2 saturated heterocycles. The number of alkyl halides is 3. The first kappa shape index (κ1) is 36.8. The van der Waals surface area contributed by atoms with Gasteiger partial charge in [0.1, 0.15) is 23.3 Å². The molecule has 11 nitrogen and oxygen atoms in total. The largest absolute Gasteiger partial charge is 0.489 e. The fourth-order valence-corrected chi connectivity index (χ4v) is 9.09. The number of piperidine rings is 2. The van der Waals surface area contributed by atoms with Crippen LogP contribution in [0.15, 0.2) is 64.4 Å². The second-order valence-electron chi connectivity index (χ2n) is 13.4. The number of fused-ring (bicyclic) bond motifs is 1. The normalized spacial score (nSPS) is 19.5. The number of ether oxygens (including phenoxy) is 1. The summed E-state index contributed by atoms with van der Waals surface area (Å²) < 4.78 is 85.9. The Morgan fingerprint density at radius 1 is 1.00 bits per heavy atom. The van der Waals surface area contributed by atoms with E-state index < -0.39 is 43.1 Å². The van der Waals surface area contributed by atoms with Crippen molar-refractivity contribution >= 4 is 48.1 Å². The smallest absolute Gasteiger partial charge is 0.400 e. The molecular weight excluding hydrogens is 706 g/mol. The molecule has 2 aliphatic rings. The molecule has 2 aliphatic heterocycles. The Morgan fingerprint density at radius 2 is 1.71 bits per heavy atom. The van der Waals surface area contributed by atoms with Gasteiger partial charge in [-0.25, -0.2) is 17.7 Å². The van der Waals surface area contributed by atoms with E-state index in [0.717, 1.165) is 37.9 Å². The maximum Gasteiger partial charge on any atom is 0.400 e. The van der Waals surface area contributed by atoms with Gasteiger partial charge >= 0.3 is 6.18 Å². The van der Waals surface area contributed by atoms with Gasteiger partial charge in [0.15, 0.2) is 0 Å². The molecule has 2 fully saturated rings. The predicted molar refractivity (Wildman–Crippen MR) is 194 cm³/mol. The van der Waals surface area contributed by atoms with Crippen molar-refractivity contribution in [2.24, 2.45) is 0 Å². The minimum absolute atomic E-state index is 0.0597. The Bertz CT molecular complexity index is 2200. The van der Waals surface area contributed by atoms with Crippen molar-refractivity contribution in [3.8, 4) is 16.9 Å². The third-order valence-electron chi connectivity index (χ3n) is 9.34. The van der Waals surface area contributed by atoms with Gasteiger partial charge in [-0.1, -0.05) is 6.07 Å². The van der Waals surface area contributed by atoms with Gasteiger partial charge in [-0.3, -0.25) is 13.6 Å². The standard InChI is InChI=1S/C35H41F3N6O5S2/c1-23-18-29(50(3,46)22-35(36,37)38)11-12-30(23)31-19-24-20-39-34(40-25-7-9-27(10-8-25)49-28-6-5-15-42(2)21-28)41-32(24)44(33(31)45)26-13-16-43(17-14-26)51(4,47)48/h7-12,18-20,26,28H,3,5-6,13-17,21-22H2,1-2,4H3,(H,39,40,41). The van der Waals surface area contributed by atoms with Crippen molar-refractivity contribution < 1.29 is 30.5 Å². The molecule has 51 heavy (non-hydrogen) atoms. The molecule has 0 radical (unpaired) electrons. The molecule has 0 saturated carbocycles. The van der Waals surface area contributed by atoms with Crippen molar-refractivity contribution in [3.05, 3.63) is 70.6 Å². The third kappa shape index (κ3) is 8.56. The molecule has 16 heteroatoms. The van der Waals surface area contributed by atoms with E-state index in [1.54, 1.807) is 23.8 Å². The highest BCUT2D eigenvalue weighted by atomic mass is 32.2. The molecule has 0 spiro atoms. The van der Waals surface area contributed by atoms with E-state index in [1.807, 2.05) is 24.3 Å². The zero-order chi connectivity index (χ0) is 36.7. The summed E-state index contributed by atoms with van der Waals surface area (Å²) >= 11 is 0. The van der Waals surface area contributed by atoms with Gasteiger partial charge < -0.3 is 15.0 Å². The van der Waals surface area contributed by atoms with Gasteiger partial charge in [0.25, 0.3) is 5.56 Å². The quantitative estimate of drug-likeness (QED) is 0.230. The summed E-state index contributed by atoms with van der Waals surface area (Å²) in [5.74, 6) is 2.80. The Kier molecular flexibility index (Phi) is 10.2. The van der Waals surface area contributed by atoms with Gasteiger partial charge in [-0.15, -0.1) is 0 Å². The Morgan fingerprint density at radius 3 is 2.33 bits per heavy atom. The molecule has 0 bridgehead atoms. The molecule has 2 atom stereocenters. The number of aryl methyl sites for hydroxylation is 1. The summed E-state index contributed by atoms with van der Waals surface area (Å²) in [6.07, 6.45) is 0.990. The summed E-state index contributed by atoms with van der Waals surface area (Å²) in [7, 11) is -5.01. The lowest BCUT2D eigenvalue weighted by atomic mass is 9.99. The highest BCUT2D eigenvalue weighted by Gasteiger charge is 2.33. The fraction of sp³-hybridized carbons (Fsp3) is 0.429. The van der Waals surface area contributed by atoms with Gasteiger partial charge in [0.05, 0.1) is 6.26 Å². The van der Waals surface area contributed by atoms with Gasteiger partial charge in [0.2, 0.25) is 16.0 Å². The number of halogens is 3. The van der Waals surface area contributed by atoms with Crippen LogP contribution < -0.4 is 15.6 Å². The number of sulfonamides is 1. The van der Waals surface area contributed by atoms with E-state index in [9.17, 15) is 30.6 Å². The van der Waals surface area contributed by atoms with Gasteiger partial charge in [-0.05, 0) is 106 Å². The second kappa shape index (κ2) is 14.2. The molecule has 0 aliphatic carbocycles. The van der Waals surface area contributed by atoms with E-state index in [-0.39, 0.29) is 35.6 Å². The minimum Gasteiger partial charge on any atom is -0.489 e. The molecule has 0 amide bonds. The van der Waals surface area contributed by atoms with E-state index in [4.69, 9.17) is 9.72 Å². The van der Waals surface area contributed by atoms with Gasteiger partial charge in [-0.2, -0.15) is 18.2 Å². The summed E-state index contributed by atoms with van der Waals surface area (Å²) in [6, 6.07) is 12.9. The number of anilines is 2. The molecule has 274 valence electrons. The Hall–Kier alpha value is -3.99. The average molecular weight is 747 g/mol. The van der Waals surface area contributed by atoms with E-state index in [2.05, 4.69) is 28.1 Å². The van der Waals surface area contributed by atoms with Crippen LogP contribution in [0.4, 0.5) is 24.8 Å². The molecule has 2 aromatic carbocycles. The first-order valence-corrected chi connectivity index (χ1v) is 20.3. The average Bonchev–Trinajstić information content (AvgIpc) is 3.04. The molecule has 4 aromatic rings. The van der Waals surface area contributed by atoms with Crippen molar-refractivity contribution in [2.45, 2.75) is 55.8 Å². The zero-order valence-corrected chi connectivity index (χ0v) is 30.3. The van der Waals surface area contributed by atoms with Crippen LogP contribution in [0.3, 0.4) is 0 Å². The highest BCUT2D eigenvalue weighted by molar-refractivity contribution is 8.00. The minimum atomic E-state index is -4.66. The molecular formula is C35H41F3N6O5S2. The van der Waals surface area contributed by atoms with Crippen molar-refractivity contribution in [1.29, 1.82) is 0 Å². The first-order chi connectivity index (χ1) is 24.0. The van der Waals surface area contributed by atoms with E-state index >= 15 is 0 Å². The number of hydrogen-bond acceptors (Lipinski definition) is 9. The topological polar surface area (TPSA) is 127 Å². The number of likely N-dealkylation sites (tertiary alicyclic amines) is 1. The molecule has 6 rings (SSSR count). The van der Waals surface area contributed by atoms with Gasteiger partial charge in [0, 0.05) is 62.9 Å². The number of benzene rings is 2. The number of aromatic nitrogens is 3. The van der Waals surface area contributed by atoms with Crippen LogP contribution in [0.1, 0.15) is 37.3 Å². The number of hydrogen-bond donors (Lipinski definition) is 1. The molecule has 1 N–H and O–H groups in total. The maximum absolute atomic E-state index is 14.4. The fourth-order valence-electron chi connectivity index (χ4n) is 6.82. The number of nitrogens with zero attached hydrogens (tertiary/aromatic N) is 5. The Labute approximate surface area is 295 Å². The lowest BCUT2D eigenvalue weighted by Crippen LogP contribution is -2.40. The number of rotatable bonds is 9.